The van der Waals surface area contributed by atoms with Crippen molar-refractivity contribution in [2.24, 2.45) is 0 Å². The Morgan fingerprint density at radius 1 is 1.12 bits per heavy atom. The predicted molar refractivity (Wildman–Crippen MR) is 92.9 cm³/mol. The van der Waals surface area contributed by atoms with Gasteiger partial charge in [0.2, 0.25) is 0 Å². The predicted octanol–water partition coefficient (Wildman–Crippen LogP) is 5.11. The molecular weight excluding hydrogens is 343 g/mol. The van der Waals surface area contributed by atoms with E-state index in [2.05, 4.69) is 28.7 Å². The maximum absolute atomic E-state index is 12.3. The minimum Gasteiger partial charge on any atom is -0.406 e. The molecule has 1 heterocycles. The molecule has 0 bridgehead atoms. The summed E-state index contributed by atoms with van der Waals surface area (Å²) in [5, 5.41) is 0. The summed E-state index contributed by atoms with van der Waals surface area (Å²) < 4.78 is 55.2. The van der Waals surface area contributed by atoms with Crippen molar-refractivity contribution in [1.29, 1.82) is 0 Å². The third-order valence-electron chi connectivity index (χ3n) is 4.52. The molecule has 2 aromatic carbocycles. The lowest BCUT2D eigenvalue weighted by molar-refractivity contribution is -0.274. The van der Waals surface area contributed by atoms with E-state index in [1.165, 1.54) is 29.8 Å². The van der Waals surface area contributed by atoms with Gasteiger partial charge in [-0.05, 0) is 36.6 Å². The van der Waals surface area contributed by atoms with E-state index in [4.69, 9.17) is 6.11 Å². The van der Waals surface area contributed by atoms with Gasteiger partial charge in [-0.2, -0.15) is 0 Å². The largest absolute Gasteiger partial charge is 0.573 e. The first-order chi connectivity index (χ1) is 12.8. The van der Waals surface area contributed by atoms with Gasteiger partial charge in [0.1, 0.15) is 5.75 Å². The highest BCUT2D eigenvalue weighted by atomic mass is 19.4. The zero-order chi connectivity index (χ0) is 19.5. The number of alkyl halides is 3. The van der Waals surface area contributed by atoms with Crippen LogP contribution in [0.1, 0.15) is 38.0 Å². The average Bonchev–Trinajstić information content (AvgIpc) is 2.84. The molecule has 1 saturated heterocycles. The van der Waals surface area contributed by atoms with Gasteiger partial charge in [0, 0.05) is 19.1 Å². The van der Waals surface area contributed by atoms with E-state index in [1.807, 2.05) is 18.2 Å². The first-order valence-electron chi connectivity index (χ1n) is 9.06. The van der Waals surface area contributed by atoms with Crippen molar-refractivity contribution in [3.63, 3.8) is 0 Å². The molecule has 26 heavy (non-hydrogen) atoms. The van der Waals surface area contributed by atoms with Crippen molar-refractivity contribution >= 4 is 0 Å². The summed E-state index contributed by atoms with van der Waals surface area (Å²) in [5.41, 5.74) is 1.72. The minimum absolute atomic E-state index is 0.194. The number of benzene rings is 2. The average molecular weight is 366 g/mol. The normalized spacial score (nSPS) is 23.8. The minimum atomic E-state index is -4.73. The Morgan fingerprint density at radius 3 is 2.46 bits per heavy atom. The Labute approximate surface area is 152 Å². The van der Waals surface area contributed by atoms with Crippen LogP contribution in [-0.2, 0) is 4.74 Å². The molecule has 6 heteroatoms. The van der Waals surface area contributed by atoms with Crippen molar-refractivity contribution in [1.82, 2.24) is 4.90 Å². The highest BCUT2D eigenvalue weighted by molar-refractivity contribution is 5.29. The van der Waals surface area contributed by atoms with Crippen LogP contribution in [0.4, 0.5) is 13.2 Å². The first kappa shape index (κ1) is 17.4. The van der Waals surface area contributed by atoms with Gasteiger partial charge in [-0.25, -0.2) is 0 Å². The van der Waals surface area contributed by atoms with Gasteiger partial charge in [-0.3, -0.25) is 4.90 Å². The molecule has 3 nitrogen and oxygen atoms in total. The lowest BCUT2D eigenvalue weighted by Crippen LogP contribution is -2.29. The molecule has 0 saturated carbocycles. The quantitative estimate of drug-likeness (QED) is 0.751. The molecule has 2 aromatic rings. The van der Waals surface area contributed by atoms with Crippen LogP contribution >= 0.6 is 0 Å². The molecule has 1 aliphatic rings. The number of nitrogens with zero attached hydrogens (tertiary/aromatic N) is 1. The standard InChI is InChI=1S/C20H22F3NO2/c1-15(16-5-3-2-4-6-16)24-12-11-19(25-14-13-24)17-7-9-18(10-8-17)26-20(21,22)23/h2-10,15,19H,11-14H2,1H3/t15-,19-/m1/s1/i19D. The topological polar surface area (TPSA) is 21.7 Å². The maximum atomic E-state index is 12.3. The summed E-state index contributed by atoms with van der Waals surface area (Å²) in [7, 11) is 0. The van der Waals surface area contributed by atoms with Crippen molar-refractivity contribution in [2.75, 3.05) is 19.7 Å². The summed E-state index contributed by atoms with van der Waals surface area (Å²) in [6.45, 7) is 3.84. The summed E-state index contributed by atoms with van der Waals surface area (Å²) in [4.78, 5) is 2.26. The van der Waals surface area contributed by atoms with Gasteiger partial charge in [0.25, 0.3) is 0 Å². The summed E-state index contributed by atoms with van der Waals surface area (Å²) in [6, 6.07) is 15.7. The van der Waals surface area contributed by atoms with Gasteiger partial charge >= 0.3 is 6.36 Å². The molecule has 140 valence electrons. The highest BCUT2D eigenvalue weighted by Crippen LogP contribution is 2.30. The molecule has 1 fully saturated rings. The summed E-state index contributed by atoms with van der Waals surface area (Å²) in [6.07, 6.45) is -5.60. The second-order valence-corrected chi connectivity index (χ2v) is 6.22. The SMILES string of the molecule is [2H][C@]1(c2ccc(OC(F)(F)F)cc2)CCN([C@H](C)c2ccccc2)CCO1. The molecular formula is C20H22F3NO2. The van der Waals surface area contributed by atoms with E-state index in [-0.39, 0.29) is 11.8 Å². The van der Waals surface area contributed by atoms with Gasteiger partial charge in [0.05, 0.1) is 14.1 Å². The molecule has 2 atom stereocenters. The number of ether oxygens (including phenoxy) is 2. The smallest absolute Gasteiger partial charge is 0.406 e. The molecule has 0 aromatic heterocycles. The molecule has 1 aliphatic heterocycles. The zero-order valence-electron chi connectivity index (χ0n) is 15.5. The van der Waals surface area contributed by atoms with E-state index in [1.54, 1.807) is 0 Å². The van der Waals surface area contributed by atoms with E-state index < -0.39 is 12.4 Å². The molecule has 0 spiro atoms. The number of halogens is 3. The second-order valence-electron chi connectivity index (χ2n) is 6.22. The highest BCUT2D eigenvalue weighted by Gasteiger charge is 2.31. The molecule has 0 radical (unpaired) electrons. The Morgan fingerprint density at radius 2 is 1.81 bits per heavy atom. The van der Waals surface area contributed by atoms with E-state index >= 15 is 0 Å². The van der Waals surface area contributed by atoms with Crippen LogP contribution < -0.4 is 4.74 Å². The Bertz CT molecular complexity index is 739. The fourth-order valence-corrected chi connectivity index (χ4v) is 3.12. The number of hydrogen-bond acceptors (Lipinski definition) is 3. The third-order valence-corrected chi connectivity index (χ3v) is 4.52. The fraction of sp³-hybridized carbons (Fsp3) is 0.400. The first-order valence-corrected chi connectivity index (χ1v) is 8.56. The lowest BCUT2D eigenvalue weighted by atomic mass is 10.0. The van der Waals surface area contributed by atoms with Gasteiger partial charge < -0.3 is 9.47 Å². The van der Waals surface area contributed by atoms with E-state index in [0.29, 0.717) is 31.7 Å². The van der Waals surface area contributed by atoms with E-state index in [0.717, 1.165) is 0 Å². The van der Waals surface area contributed by atoms with Gasteiger partial charge in [-0.1, -0.05) is 42.5 Å². The van der Waals surface area contributed by atoms with Crippen LogP contribution in [0, 0.1) is 0 Å². The molecule has 0 aliphatic carbocycles. The Hall–Kier alpha value is -2.05. The number of hydrogen-bond donors (Lipinski definition) is 0. The van der Waals surface area contributed by atoms with Crippen LogP contribution in [0.15, 0.2) is 54.6 Å². The monoisotopic (exact) mass is 366 g/mol. The lowest BCUT2D eigenvalue weighted by Gasteiger charge is -2.27. The molecule has 0 amide bonds. The van der Waals surface area contributed by atoms with Crippen LogP contribution in [0.25, 0.3) is 0 Å². The number of rotatable bonds is 4. The molecule has 3 rings (SSSR count). The zero-order valence-corrected chi connectivity index (χ0v) is 14.5. The van der Waals surface area contributed by atoms with Crippen molar-refractivity contribution < 1.29 is 24.0 Å². The van der Waals surface area contributed by atoms with Crippen molar-refractivity contribution in [3.8, 4) is 5.75 Å². The summed E-state index contributed by atoms with van der Waals surface area (Å²) >= 11 is 0. The van der Waals surface area contributed by atoms with Crippen molar-refractivity contribution in [2.45, 2.75) is 31.8 Å². The van der Waals surface area contributed by atoms with Gasteiger partial charge in [0.15, 0.2) is 0 Å². The Kier molecular flexibility index (Phi) is 5.41. The molecule has 0 N–H and O–H groups in total. The van der Waals surface area contributed by atoms with Gasteiger partial charge in [-0.15, -0.1) is 13.2 Å². The van der Waals surface area contributed by atoms with Crippen LogP contribution in [0.5, 0.6) is 5.75 Å². The fourth-order valence-electron chi connectivity index (χ4n) is 3.12. The van der Waals surface area contributed by atoms with Crippen LogP contribution in [0.3, 0.4) is 0 Å². The van der Waals surface area contributed by atoms with Crippen molar-refractivity contribution in [3.05, 3.63) is 65.7 Å². The second kappa shape index (κ2) is 8.10. The maximum Gasteiger partial charge on any atom is 0.573 e. The van der Waals surface area contributed by atoms with Crippen LogP contribution in [0.2, 0.25) is 0 Å². The summed E-state index contributed by atoms with van der Waals surface area (Å²) in [5.74, 6) is -0.303. The third kappa shape index (κ3) is 4.99. The Balaban J connectivity index is 1.69. The molecule has 0 unspecified atom stereocenters. The van der Waals surface area contributed by atoms with E-state index in [9.17, 15) is 13.2 Å². The van der Waals surface area contributed by atoms with Crippen LogP contribution in [-0.4, -0.2) is 31.0 Å².